The number of hydrogen-bond acceptors (Lipinski definition) is 3. The van der Waals surface area contributed by atoms with Crippen molar-refractivity contribution in [1.82, 2.24) is 4.90 Å². The summed E-state index contributed by atoms with van der Waals surface area (Å²) >= 11 is 12.1. The van der Waals surface area contributed by atoms with E-state index in [0.29, 0.717) is 27.8 Å². The Morgan fingerprint density at radius 2 is 1.81 bits per heavy atom. The number of benzene rings is 1. The van der Waals surface area contributed by atoms with Gasteiger partial charge >= 0.3 is 0 Å². The summed E-state index contributed by atoms with van der Waals surface area (Å²) in [4.78, 5) is 14.2. The molecule has 0 atom stereocenters. The van der Waals surface area contributed by atoms with Gasteiger partial charge in [0.15, 0.2) is 0 Å². The summed E-state index contributed by atoms with van der Waals surface area (Å²) in [7, 11) is 2.07. The summed E-state index contributed by atoms with van der Waals surface area (Å²) in [5, 5.41) is 3.46. The lowest BCUT2D eigenvalue weighted by atomic mass is 10.2. The molecule has 0 spiro atoms. The summed E-state index contributed by atoms with van der Waals surface area (Å²) in [5.74, 6) is -0.0903. The lowest BCUT2D eigenvalue weighted by Crippen LogP contribution is -2.22. The Balaban J connectivity index is 2.41. The fraction of sp³-hybridized carbons (Fsp3) is 0.533. The zero-order chi connectivity index (χ0) is 15.8. The van der Waals surface area contributed by atoms with Crippen molar-refractivity contribution in [2.75, 3.05) is 31.2 Å². The van der Waals surface area contributed by atoms with Crippen LogP contribution in [0.4, 0.5) is 11.4 Å². The Kier molecular flexibility index (Phi) is 7.86. The Bertz CT molecular complexity index is 457. The largest absolute Gasteiger partial charge is 0.399 e. The minimum atomic E-state index is -0.0903. The van der Waals surface area contributed by atoms with Crippen LogP contribution in [0, 0.1) is 0 Å². The third kappa shape index (κ3) is 6.55. The van der Waals surface area contributed by atoms with Crippen molar-refractivity contribution >= 4 is 40.5 Å². The number of carbonyl (C=O) groups excluding carboxylic acids is 1. The Morgan fingerprint density at radius 1 is 1.24 bits per heavy atom. The molecule has 0 radical (unpaired) electrons. The van der Waals surface area contributed by atoms with E-state index in [2.05, 4.69) is 24.2 Å². The van der Waals surface area contributed by atoms with E-state index >= 15 is 0 Å². The molecule has 1 aromatic carbocycles. The van der Waals surface area contributed by atoms with Crippen molar-refractivity contribution < 1.29 is 4.79 Å². The van der Waals surface area contributed by atoms with Crippen LogP contribution in [0.5, 0.6) is 0 Å². The first kappa shape index (κ1) is 18.1. The van der Waals surface area contributed by atoms with Crippen LogP contribution in [-0.4, -0.2) is 30.9 Å². The molecule has 1 aromatic rings. The molecular formula is C15H23Cl2N3O. The number of anilines is 2. The van der Waals surface area contributed by atoms with Crippen LogP contribution >= 0.6 is 23.2 Å². The van der Waals surface area contributed by atoms with E-state index in [0.717, 1.165) is 19.5 Å². The molecule has 4 nitrogen and oxygen atoms in total. The van der Waals surface area contributed by atoms with Gasteiger partial charge in [0, 0.05) is 12.1 Å². The van der Waals surface area contributed by atoms with Crippen LogP contribution < -0.4 is 11.1 Å². The number of hydrogen-bond donors (Lipinski definition) is 2. The van der Waals surface area contributed by atoms with E-state index in [1.807, 2.05) is 0 Å². The molecule has 0 saturated carbocycles. The normalized spacial score (nSPS) is 10.9. The minimum absolute atomic E-state index is 0.0903. The number of unbranched alkanes of at least 4 members (excludes halogenated alkanes) is 1. The topological polar surface area (TPSA) is 58.4 Å². The molecule has 21 heavy (non-hydrogen) atoms. The van der Waals surface area contributed by atoms with Gasteiger partial charge in [-0.3, -0.25) is 4.79 Å². The number of nitrogen functional groups attached to an aromatic ring is 1. The number of nitrogens with one attached hydrogen (secondary N) is 1. The highest BCUT2D eigenvalue weighted by Gasteiger charge is 2.11. The number of halogens is 2. The minimum Gasteiger partial charge on any atom is -0.399 e. The quantitative estimate of drug-likeness (QED) is 0.707. The highest BCUT2D eigenvalue weighted by molar-refractivity contribution is 6.40. The van der Waals surface area contributed by atoms with Crippen LogP contribution in [0.2, 0.25) is 10.0 Å². The van der Waals surface area contributed by atoms with Gasteiger partial charge < -0.3 is 16.0 Å². The van der Waals surface area contributed by atoms with Crippen molar-refractivity contribution in [3.8, 4) is 0 Å². The fourth-order valence-electron chi connectivity index (χ4n) is 1.96. The van der Waals surface area contributed by atoms with Gasteiger partial charge in [-0.1, -0.05) is 36.5 Å². The lowest BCUT2D eigenvalue weighted by molar-refractivity contribution is -0.116. The summed E-state index contributed by atoms with van der Waals surface area (Å²) in [6.45, 7) is 4.13. The second-order valence-corrected chi connectivity index (χ2v) is 5.98. The molecule has 1 rings (SSSR count). The van der Waals surface area contributed by atoms with Crippen LogP contribution in [0.15, 0.2) is 12.1 Å². The van der Waals surface area contributed by atoms with Gasteiger partial charge in [-0.05, 0) is 45.1 Å². The molecule has 0 aliphatic rings. The van der Waals surface area contributed by atoms with Crippen molar-refractivity contribution in [1.29, 1.82) is 0 Å². The van der Waals surface area contributed by atoms with E-state index in [4.69, 9.17) is 28.9 Å². The van der Waals surface area contributed by atoms with Gasteiger partial charge in [0.25, 0.3) is 0 Å². The summed E-state index contributed by atoms with van der Waals surface area (Å²) < 4.78 is 0. The van der Waals surface area contributed by atoms with E-state index in [-0.39, 0.29) is 5.91 Å². The smallest absolute Gasteiger partial charge is 0.224 e. The number of amides is 1. The molecule has 118 valence electrons. The maximum Gasteiger partial charge on any atom is 0.224 e. The van der Waals surface area contributed by atoms with Crippen LogP contribution in [0.3, 0.4) is 0 Å². The van der Waals surface area contributed by atoms with Crippen LogP contribution in [-0.2, 0) is 4.79 Å². The van der Waals surface area contributed by atoms with Gasteiger partial charge in [0.05, 0.1) is 15.7 Å². The van der Waals surface area contributed by atoms with Crippen LogP contribution in [0.25, 0.3) is 0 Å². The SMILES string of the molecule is CCCCN(C)CCCC(=O)Nc1c(Cl)cc(N)cc1Cl. The molecule has 0 aliphatic carbocycles. The summed E-state index contributed by atoms with van der Waals surface area (Å²) in [6.07, 6.45) is 3.60. The van der Waals surface area contributed by atoms with Gasteiger partial charge in [0.2, 0.25) is 5.91 Å². The fourth-order valence-corrected chi connectivity index (χ4v) is 2.56. The third-order valence-electron chi connectivity index (χ3n) is 3.17. The maximum atomic E-state index is 11.9. The first-order chi connectivity index (χ1) is 9.93. The molecular weight excluding hydrogens is 309 g/mol. The average molecular weight is 332 g/mol. The molecule has 0 fully saturated rings. The summed E-state index contributed by atoms with van der Waals surface area (Å²) in [6, 6.07) is 3.14. The molecule has 3 N–H and O–H groups in total. The molecule has 0 aromatic heterocycles. The van der Waals surface area contributed by atoms with E-state index in [1.165, 1.54) is 12.8 Å². The van der Waals surface area contributed by atoms with E-state index in [9.17, 15) is 4.79 Å². The van der Waals surface area contributed by atoms with Gasteiger partial charge in [-0.15, -0.1) is 0 Å². The zero-order valence-corrected chi connectivity index (χ0v) is 14.1. The number of carbonyl (C=O) groups is 1. The van der Waals surface area contributed by atoms with Crippen LogP contribution in [0.1, 0.15) is 32.6 Å². The third-order valence-corrected chi connectivity index (χ3v) is 3.76. The highest BCUT2D eigenvalue weighted by atomic mass is 35.5. The molecule has 0 heterocycles. The Hall–Kier alpha value is -0.970. The molecule has 0 saturated heterocycles. The highest BCUT2D eigenvalue weighted by Crippen LogP contribution is 2.32. The number of rotatable bonds is 8. The van der Waals surface area contributed by atoms with Gasteiger partial charge in [-0.2, -0.15) is 0 Å². The maximum absolute atomic E-state index is 11.9. The monoisotopic (exact) mass is 331 g/mol. The first-order valence-electron chi connectivity index (χ1n) is 7.17. The molecule has 0 unspecified atom stereocenters. The van der Waals surface area contributed by atoms with Crippen molar-refractivity contribution in [2.45, 2.75) is 32.6 Å². The summed E-state index contributed by atoms with van der Waals surface area (Å²) in [5.41, 5.74) is 6.53. The van der Waals surface area contributed by atoms with Gasteiger partial charge in [-0.25, -0.2) is 0 Å². The second kappa shape index (κ2) is 9.13. The molecule has 0 aliphatic heterocycles. The average Bonchev–Trinajstić information content (AvgIpc) is 2.40. The van der Waals surface area contributed by atoms with E-state index < -0.39 is 0 Å². The molecule has 0 bridgehead atoms. The van der Waals surface area contributed by atoms with Crippen molar-refractivity contribution in [3.63, 3.8) is 0 Å². The van der Waals surface area contributed by atoms with Crippen molar-refractivity contribution in [2.24, 2.45) is 0 Å². The molecule has 1 amide bonds. The first-order valence-corrected chi connectivity index (χ1v) is 7.92. The van der Waals surface area contributed by atoms with Crippen molar-refractivity contribution in [3.05, 3.63) is 22.2 Å². The van der Waals surface area contributed by atoms with Gasteiger partial charge in [0.1, 0.15) is 0 Å². The van der Waals surface area contributed by atoms with E-state index in [1.54, 1.807) is 12.1 Å². The molecule has 6 heteroatoms. The Labute approximate surface area is 136 Å². The Morgan fingerprint density at radius 3 is 2.38 bits per heavy atom. The zero-order valence-electron chi connectivity index (χ0n) is 12.6. The standard InChI is InChI=1S/C15H23Cl2N3O/c1-3-4-7-20(2)8-5-6-14(21)19-15-12(16)9-11(18)10-13(15)17/h9-10H,3-8,18H2,1-2H3,(H,19,21). The predicted octanol–water partition coefficient (Wildman–Crippen LogP) is 4.03. The predicted molar refractivity (Wildman–Crippen MR) is 91.1 cm³/mol. The number of nitrogens with two attached hydrogens (primary N) is 1. The second-order valence-electron chi connectivity index (χ2n) is 5.17. The number of nitrogens with zero attached hydrogens (tertiary/aromatic N) is 1. The lowest BCUT2D eigenvalue weighted by Gasteiger charge is -2.16.